The number of amides is 1. The molecule has 0 spiro atoms. The van der Waals surface area contributed by atoms with Crippen molar-refractivity contribution in [1.82, 2.24) is 15.3 Å². The molecule has 0 saturated carbocycles. The molecule has 0 aliphatic carbocycles. The second-order valence-corrected chi connectivity index (χ2v) is 4.33. The summed E-state index contributed by atoms with van der Waals surface area (Å²) < 4.78 is 0. The lowest BCUT2D eigenvalue weighted by Crippen LogP contribution is -2.26. The number of carbonyl (C=O) groups is 1. The Balaban J connectivity index is 1.93. The van der Waals surface area contributed by atoms with E-state index in [2.05, 4.69) is 15.3 Å². The molecule has 0 aliphatic heterocycles. The van der Waals surface area contributed by atoms with Crippen LogP contribution in [0.2, 0.25) is 5.15 Å². The molecule has 0 radical (unpaired) electrons. The smallest absolute Gasteiger partial charge is 0.254 e. The Hall–Kier alpha value is -2.14. The van der Waals surface area contributed by atoms with Gasteiger partial charge in [-0.15, -0.1) is 0 Å². The number of nitrogens with one attached hydrogen (secondary N) is 1. The summed E-state index contributed by atoms with van der Waals surface area (Å²) in [4.78, 5) is 19.7. The highest BCUT2D eigenvalue weighted by Gasteiger charge is 2.11. The summed E-state index contributed by atoms with van der Waals surface area (Å²) in [5.74, 6) is -0.279. The van der Waals surface area contributed by atoms with Crippen LogP contribution in [-0.4, -0.2) is 22.4 Å². The number of hydrogen-bond acceptors (Lipinski definition) is 4. The van der Waals surface area contributed by atoms with Gasteiger partial charge in [0.25, 0.3) is 5.91 Å². The highest BCUT2D eigenvalue weighted by atomic mass is 35.5. The Labute approximate surface area is 115 Å². The number of nitrogen functional groups attached to an aromatic ring is 1. The van der Waals surface area contributed by atoms with Crippen LogP contribution in [0.25, 0.3) is 0 Å². The normalized spacial score (nSPS) is 10.2. The molecule has 0 atom stereocenters. The molecule has 2 heterocycles. The van der Waals surface area contributed by atoms with Gasteiger partial charge in [-0.1, -0.05) is 11.6 Å². The van der Waals surface area contributed by atoms with E-state index in [1.54, 1.807) is 12.4 Å². The summed E-state index contributed by atoms with van der Waals surface area (Å²) >= 11 is 5.85. The van der Waals surface area contributed by atoms with Crippen molar-refractivity contribution in [3.63, 3.8) is 0 Å². The molecule has 2 aromatic heterocycles. The minimum absolute atomic E-state index is 0.149. The number of hydrogen-bond donors (Lipinski definition) is 2. The molecule has 6 heteroatoms. The fraction of sp³-hybridized carbons (Fsp3) is 0.154. The van der Waals surface area contributed by atoms with Crippen molar-refractivity contribution < 1.29 is 4.79 Å². The Bertz CT molecular complexity index is 574. The first-order valence-electron chi connectivity index (χ1n) is 5.75. The van der Waals surface area contributed by atoms with Crippen LogP contribution in [0.3, 0.4) is 0 Å². The maximum atomic E-state index is 11.9. The van der Waals surface area contributed by atoms with E-state index in [0.29, 0.717) is 12.2 Å². The standard InChI is InChI=1S/C13H13ClN4O/c14-12-11(7-10(15)8-18-12)13(19)17-6-3-9-1-4-16-5-2-9/h1-2,4-5,7-8H,3,6,15H2,(H,17,19). The van der Waals surface area contributed by atoms with Gasteiger partial charge in [-0.05, 0) is 30.2 Å². The molecule has 2 aromatic rings. The van der Waals surface area contributed by atoms with E-state index in [1.807, 2.05) is 12.1 Å². The molecule has 19 heavy (non-hydrogen) atoms. The Morgan fingerprint density at radius 2 is 2.11 bits per heavy atom. The molecular formula is C13H13ClN4O. The SMILES string of the molecule is Nc1cnc(Cl)c(C(=O)NCCc2ccncc2)c1. The third-order valence-corrected chi connectivity index (χ3v) is 2.85. The third-order valence-electron chi connectivity index (χ3n) is 2.55. The first-order valence-corrected chi connectivity index (χ1v) is 6.13. The number of aromatic nitrogens is 2. The second kappa shape index (κ2) is 6.15. The van der Waals surface area contributed by atoms with Crippen LogP contribution in [0.5, 0.6) is 0 Å². The van der Waals surface area contributed by atoms with Crippen molar-refractivity contribution in [2.24, 2.45) is 0 Å². The fourth-order valence-electron chi connectivity index (χ4n) is 1.59. The molecular weight excluding hydrogens is 264 g/mol. The average molecular weight is 277 g/mol. The van der Waals surface area contributed by atoms with Gasteiger partial charge in [-0.3, -0.25) is 9.78 Å². The lowest BCUT2D eigenvalue weighted by molar-refractivity contribution is 0.0954. The lowest BCUT2D eigenvalue weighted by atomic mass is 10.2. The molecule has 0 fully saturated rings. The molecule has 1 amide bonds. The number of nitrogens with zero attached hydrogens (tertiary/aromatic N) is 2. The molecule has 2 rings (SSSR count). The van der Waals surface area contributed by atoms with Crippen molar-refractivity contribution in [1.29, 1.82) is 0 Å². The Morgan fingerprint density at radius 1 is 1.37 bits per heavy atom. The van der Waals surface area contributed by atoms with Gasteiger partial charge in [0.05, 0.1) is 17.4 Å². The first kappa shape index (κ1) is 13.3. The lowest BCUT2D eigenvalue weighted by Gasteiger charge is -2.07. The van der Waals surface area contributed by atoms with Crippen LogP contribution in [0, 0.1) is 0 Å². The van der Waals surface area contributed by atoms with Crippen LogP contribution in [0.4, 0.5) is 5.69 Å². The predicted molar refractivity (Wildman–Crippen MR) is 73.9 cm³/mol. The largest absolute Gasteiger partial charge is 0.397 e. The third kappa shape index (κ3) is 3.66. The quantitative estimate of drug-likeness (QED) is 0.833. The number of pyridine rings is 2. The second-order valence-electron chi connectivity index (χ2n) is 3.97. The summed E-state index contributed by atoms with van der Waals surface area (Å²) in [6.07, 6.45) is 5.57. The van der Waals surface area contributed by atoms with E-state index in [9.17, 15) is 4.79 Å². The number of anilines is 1. The van der Waals surface area contributed by atoms with Crippen LogP contribution >= 0.6 is 11.6 Å². The summed E-state index contributed by atoms with van der Waals surface area (Å²) in [7, 11) is 0. The van der Waals surface area contributed by atoms with Crippen molar-refractivity contribution in [3.05, 3.63) is 53.1 Å². The van der Waals surface area contributed by atoms with Gasteiger partial charge in [-0.2, -0.15) is 0 Å². The number of halogens is 1. The summed E-state index contributed by atoms with van der Waals surface area (Å²) in [6.45, 7) is 0.508. The Morgan fingerprint density at radius 3 is 2.84 bits per heavy atom. The highest BCUT2D eigenvalue weighted by molar-refractivity contribution is 6.32. The van der Waals surface area contributed by atoms with Crippen molar-refractivity contribution in [2.45, 2.75) is 6.42 Å². The zero-order chi connectivity index (χ0) is 13.7. The van der Waals surface area contributed by atoms with E-state index < -0.39 is 0 Å². The maximum Gasteiger partial charge on any atom is 0.254 e. The van der Waals surface area contributed by atoms with Crippen LogP contribution < -0.4 is 11.1 Å². The summed E-state index contributed by atoms with van der Waals surface area (Å²) in [5.41, 5.74) is 7.38. The van der Waals surface area contributed by atoms with Gasteiger partial charge in [-0.25, -0.2) is 4.98 Å². The van der Waals surface area contributed by atoms with Gasteiger partial charge in [0.2, 0.25) is 0 Å². The van der Waals surface area contributed by atoms with Crippen LogP contribution in [-0.2, 0) is 6.42 Å². The van der Waals surface area contributed by atoms with Crippen molar-refractivity contribution in [3.8, 4) is 0 Å². The monoisotopic (exact) mass is 276 g/mol. The molecule has 98 valence electrons. The molecule has 0 aromatic carbocycles. The minimum Gasteiger partial charge on any atom is -0.397 e. The van der Waals surface area contributed by atoms with E-state index in [1.165, 1.54) is 12.3 Å². The maximum absolute atomic E-state index is 11.9. The molecule has 0 unspecified atom stereocenters. The van der Waals surface area contributed by atoms with Gasteiger partial charge < -0.3 is 11.1 Å². The van der Waals surface area contributed by atoms with E-state index >= 15 is 0 Å². The zero-order valence-electron chi connectivity index (χ0n) is 10.1. The minimum atomic E-state index is -0.279. The van der Waals surface area contributed by atoms with Gasteiger partial charge in [0.1, 0.15) is 5.15 Å². The number of rotatable bonds is 4. The molecule has 3 N–H and O–H groups in total. The van der Waals surface area contributed by atoms with Gasteiger partial charge in [0.15, 0.2) is 0 Å². The summed E-state index contributed by atoms with van der Waals surface area (Å²) in [5, 5.41) is 2.92. The average Bonchev–Trinajstić information content (AvgIpc) is 2.42. The zero-order valence-corrected chi connectivity index (χ0v) is 10.9. The van der Waals surface area contributed by atoms with Crippen LogP contribution in [0.1, 0.15) is 15.9 Å². The van der Waals surface area contributed by atoms with Crippen LogP contribution in [0.15, 0.2) is 36.8 Å². The topological polar surface area (TPSA) is 80.9 Å². The number of carbonyl (C=O) groups excluding carboxylic acids is 1. The summed E-state index contributed by atoms with van der Waals surface area (Å²) in [6, 6.07) is 5.32. The molecule has 0 bridgehead atoms. The first-order chi connectivity index (χ1) is 9.16. The molecule has 0 aliphatic rings. The van der Waals surface area contributed by atoms with E-state index in [-0.39, 0.29) is 16.6 Å². The number of nitrogens with two attached hydrogens (primary N) is 1. The van der Waals surface area contributed by atoms with Crippen molar-refractivity contribution >= 4 is 23.2 Å². The molecule has 0 saturated heterocycles. The molecule has 5 nitrogen and oxygen atoms in total. The van der Waals surface area contributed by atoms with E-state index in [4.69, 9.17) is 17.3 Å². The van der Waals surface area contributed by atoms with Gasteiger partial charge in [0, 0.05) is 18.9 Å². The highest BCUT2D eigenvalue weighted by Crippen LogP contribution is 2.15. The fourth-order valence-corrected chi connectivity index (χ4v) is 1.78. The predicted octanol–water partition coefficient (Wildman–Crippen LogP) is 1.68. The van der Waals surface area contributed by atoms with E-state index in [0.717, 1.165) is 12.0 Å². The van der Waals surface area contributed by atoms with Crippen molar-refractivity contribution in [2.75, 3.05) is 12.3 Å². The Kier molecular flexibility index (Phi) is 4.30. The van der Waals surface area contributed by atoms with Gasteiger partial charge >= 0.3 is 0 Å².